The van der Waals surface area contributed by atoms with Crippen LogP contribution in [-0.2, 0) is 0 Å². The molecule has 0 spiro atoms. The lowest BCUT2D eigenvalue weighted by Crippen LogP contribution is -2.24. The largest absolute Gasteiger partial charge is 0.372 e. The Morgan fingerprint density at radius 2 is 1.78 bits per heavy atom. The highest BCUT2D eigenvalue weighted by molar-refractivity contribution is 5.92. The first-order valence-corrected chi connectivity index (χ1v) is 6.52. The monoisotopic (exact) mass is 248 g/mol. The van der Waals surface area contributed by atoms with Crippen molar-refractivity contribution in [1.82, 2.24) is 0 Å². The van der Waals surface area contributed by atoms with E-state index in [0.29, 0.717) is 5.96 Å². The second-order valence-electron chi connectivity index (χ2n) is 4.45. The first-order chi connectivity index (χ1) is 8.56. The molecule has 0 aliphatic rings. The normalized spacial score (nSPS) is 11.7. The summed E-state index contributed by atoms with van der Waals surface area (Å²) in [5, 5.41) is 3.08. The summed E-state index contributed by atoms with van der Waals surface area (Å²) in [4.78, 5) is 6.54. The zero-order valence-corrected chi connectivity index (χ0v) is 11.8. The number of hydrogen-bond donors (Lipinski definition) is 2. The van der Waals surface area contributed by atoms with Gasteiger partial charge < -0.3 is 16.0 Å². The van der Waals surface area contributed by atoms with Gasteiger partial charge in [0.05, 0.1) is 0 Å². The van der Waals surface area contributed by atoms with E-state index < -0.39 is 0 Å². The molecular formula is C14H24N4. The van der Waals surface area contributed by atoms with Gasteiger partial charge in [0.25, 0.3) is 0 Å². The number of benzene rings is 1. The van der Waals surface area contributed by atoms with Crippen molar-refractivity contribution in [2.45, 2.75) is 33.7 Å². The number of rotatable bonds is 5. The van der Waals surface area contributed by atoms with Gasteiger partial charge in [-0.05, 0) is 52.0 Å². The van der Waals surface area contributed by atoms with Crippen LogP contribution in [0.5, 0.6) is 0 Å². The van der Waals surface area contributed by atoms with Crippen molar-refractivity contribution in [3.63, 3.8) is 0 Å². The summed E-state index contributed by atoms with van der Waals surface area (Å²) in [6, 6.07) is 8.44. The molecule has 4 heteroatoms. The third-order valence-corrected chi connectivity index (χ3v) is 2.67. The molecule has 3 N–H and O–H groups in total. The molecule has 0 saturated carbocycles. The molecule has 0 aromatic heterocycles. The second-order valence-corrected chi connectivity index (χ2v) is 4.45. The van der Waals surface area contributed by atoms with Crippen LogP contribution in [0.3, 0.4) is 0 Å². The minimum absolute atomic E-state index is 0.201. The van der Waals surface area contributed by atoms with Crippen molar-refractivity contribution in [2.24, 2.45) is 10.7 Å². The van der Waals surface area contributed by atoms with Crippen LogP contribution in [0.25, 0.3) is 0 Å². The number of nitrogens with zero attached hydrogens (tertiary/aromatic N) is 2. The van der Waals surface area contributed by atoms with E-state index in [4.69, 9.17) is 5.73 Å². The predicted molar refractivity (Wildman–Crippen MR) is 80.4 cm³/mol. The van der Waals surface area contributed by atoms with Crippen molar-refractivity contribution in [3.05, 3.63) is 24.3 Å². The molecule has 1 aromatic carbocycles. The van der Waals surface area contributed by atoms with Crippen LogP contribution in [0.4, 0.5) is 11.4 Å². The summed E-state index contributed by atoms with van der Waals surface area (Å²) >= 11 is 0. The van der Waals surface area contributed by atoms with Gasteiger partial charge >= 0.3 is 0 Å². The zero-order valence-electron chi connectivity index (χ0n) is 11.8. The minimum atomic E-state index is 0.201. The van der Waals surface area contributed by atoms with Gasteiger partial charge in [0.15, 0.2) is 5.96 Å². The molecular weight excluding hydrogens is 224 g/mol. The Morgan fingerprint density at radius 1 is 1.22 bits per heavy atom. The van der Waals surface area contributed by atoms with Gasteiger partial charge in [-0.15, -0.1) is 0 Å². The highest BCUT2D eigenvalue weighted by Crippen LogP contribution is 2.17. The SMILES string of the molecule is CCN(CC)c1ccc(NC(N)=NC(C)C)cc1. The molecule has 1 rings (SSSR count). The van der Waals surface area contributed by atoms with Gasteiger partial charge in [-0.25, -0.2) is 0 Å². The first-order valence-electron chi connectivity index (χ1n) is 6.52. The smallest absolute Gasteiger partial charge is 0.193 e. The van der Waals surface area contributed by atoms with E-state index in [2.05, 4.69) is 41.2 Å². The van der Waals surface area contributed by atoms with E-state index in [1.807, 2.05) is 26.0 Å². The second kappa shape index (κ2) is 6.89. The van der Waals surface area contributed by atoms with Crippen LogP contribution in [0.2, 0.25) is 0 Å². The molecule has 100 valence electrons. The maximum absolute atomic E-state index is 5.79. The van der Waals surface area contributed by atoms with Crippen molar-refractivity contribution in [2.75, 3.05) is 23.3 Å². The Bertz CT molecular complexity index is 377. The Morgan fingerprint density at radius 3 is 2.22 bits per heavy atom. The van der Waals surface area contributed by atoms with Gasteiger partial charge in [0.1, 0.15) is 0 Å². The third-order valence-electron chi connectivity index (χ3n) is 2.67. The minimum Gasteiger partial charge on any atom is -0.372 e. The standard InChI is InChI=1S/C14H24N4/c1-5-18(6-2)13-9-7-12(8-10-13)17-14(15)16-11(3)4/h7-11H,5-6H2,1-4H3,(H3,15,16,17). The molecule has 0 radical (unpaired) electrons. The lowest BCUT2D eigenvalue weighted by atomic mass is 10.2. The van der Waals surface area contributed by atoms with E-state index in [0.717, 1.165) is 18.8 Å². The van der Waals surface area contributed by atoms with E-state index in [-0.39, 0.29) is 6.04 Å². The average Bonchev–Trinajstić information content (AvgIpc) is 2.31. The molecule has 4 nitrogen and oxygen atoms in total. The van der Waals surface area contributed by atoms with E-state index >= 15 is 0 Å². The van der Waals surface area contributed by atoms with Crippen LogP contribution in [0.15, 0.2) is 29.3 Å². The van der Waals surface area contributed by atoms with Crippen molar-refractivity contribution in [3.8, 4) is 0 Å². The third kappa shape index (κ3) is 4.28. The van der Waals surface area contributed by atoms with Gasteiger partial charge in [0.2, 0.25) is 0 Å². The highest BCUT2D eigenvalue weighted by atomic mass is 15.1. The summed E-state index contributed by atoms with van der Waals surface area (Å²) < 4.78 is 0. The fraction of sp³-hybridized carbons (Fsp3) is 0.500. The Kier molecular flexibility index (Phi) is 5.49. The van der Waals surface area contributed by atoms with Gasteiger partial charge in [0, 0.05) is 30.5 Å². The fourth-order valence-corrected chi connectivity index (χ4v) is 1.80. The summed E-state index contributed by atoms with van der Waals surface area (Å²) in [6.07, 6.45) is 0. The van der Waals surface area contributed by atoms with Crippen molar-refractivity contribution >= 4 is 17.3 Å². The lowest BCUT2D eigenvalue weighted by Gasteiger charge is -2.21. The van der Waals surface area contributed by atoms with E-state index in [1.165, 1.54) is 5.69 Å². The van der Waals surface area contributed by atoms with Gasteiger partial charge in [-0.1, -0.05) is 0 Å². The number of aliphatic imine (C=N–C) groups is 1. The number of nitrogens with one attached hydrogen (secondary N) is 1. The molecule has 0 fully saturated rings. The zero-order chi connectivity index (χ0) is 13.5. The predicted octanol–water partition coefficient (Wildman–Crippen LogP) is 2.67. The highest BCUT2D eigenvalue weighted by Gasteiger charge is 2.02. The molecule has 0 unspecified atom stereocenters. The summed E-state index contributed by atoms with van der Waals surface area (Å²) in [6.45, 7) is 10.3. The number of nitrogens with two attached hydrogens (primary N) is 1. The summed E-state index contributed by atoms with van der Waals surface area (Å²) in [7, 11) is 0. The maximum Gasteiger partial charge on any atom is 0.193 e. The van der Waals surface area contributed by atoms with Gasteiger partial charge in [-0.2, -0.15) is 0 Å². The van der Waals surface area contributed by atoms with Crippen LogP contribution in [0.1, 0.15) is 27.7 Å². The molecule has 1 aromatic rings. The van der Waals surface area contributed by atoms with Crippen LogP contribution in [-0.4, -0.2) is 25.1 Å². The molecule has 0 aliphatic carbocycles. The first kappa shape index (κ1) is 14.4. The van der Waals surface area contributed by atoms with E-state index in [9.17, 15) is 0 Å². The molecule has 0 saturated heterocycles. The number of anilines is 2. The number of hydrogen-bond acceptors (Lipinski definition) is 2. The van der Waals surface area contributed by atoms with Gasteiger partial charge in [-0.3, -0.25) is 4.99 Å². The molecule has 0 bridgehead atoms. The van der Waals surface area contributed by atoms with Crippen LogP contribution >= 0.6 is 0 Å². The maximum atomic E-state index is 5.79. The van der Waals surface area contributed by atoms with Crippen LogP contribution < -0.4 is 16.0 Å². The lowest BCUT2D eigenvalue weighted by molar-refractivity contribution is 0.833. The number of guanidine groups is 1. The van der Waals surface area contributed by atoms with E-state index in [1.54, 1.807) is 0 Å². The quantitative estimate of drug-likeness (QED) is 0.622. The van der Waals surface area contributed by atoms with Crippen LogP contribution in [0, 0.1) is 0 Å². The summed E-state index contributed by atoms with van der Waals surface area (Å²) in [5.74, 6) is 0.459. The Balaban J connectivity index is 2.71. The molecule has 0 aliphatic heterocycles. The molecule has 18 heavy (non-hydrogen) atoms. The van der Waals surface area contributed by atoms with Crippen molar-refractivity contribution in [1.29, 1.82) is 0 Å². The average molecular weight is 248 g/mol. The Hall–Kier alpha value is -1.71. The topological polar surface area (TPSA) is 53.6 Å². The Labute approximate surface area is 110 Å². The molecule has 0 amide bonds. The summed E-state index contributed by atoms with van der Waals surface area (Å²) in [5.41, 5.74) is 7.98. The van der Waals surface area contributed by atoms with Crippen molar-refractivity contribution < 1.29 is 0 Å². The molecule has 0 heterocycles. The fourth-order valence-electron chi connectivity index (χ4n) is 1.80. The molecule has 0 atom stereocenters.